The van der Waals surface area contributed by atoms with Crippen LogP contribution in [0.4, 0.5) is 11.6 Å². The van der Waals surface area contributed by atoms with E-state index in [0.717, 1.165) is 29.7 Å². The van der Waals surface area contributed by atoms with Crippen molar-refractivity contribution in [1.29, 1.82) is 0 Å². The number of ether oxygens (including phenoxy) is 1. The van der Waals surface area contributed by atoms with Crippen LogP contribution in [0.15, 0.2) is 59.5 Å². The number of amides is 1. The molecule has 39 heavy (non-hydrogen) atoms. The number of fused-ring (bicyclic) bond motifs is 2. The first-order valence-electron chi connectivity index (χ1n) is 12.4. The van der Waals surface area contributed by atoms with Crippen LogP contribution in [0.25, 0.3) is 45.1 Å². The fourth-order valence-electron chi connectivity index (χ4n) is 4.68. The van der Waals surface area contributed by atoms with Crippen molar-refractivity contribution < 1.29 is 13.9 Å². The minimum atomic E-state index is -0.0391. The summed E-state index contributed by atoms with van der Waals surface area (Å²) in [5, 5.41) is 11.8. The van der Waals surface area contributed by atoms with Gasteiger partial charge in [0, 0.05) is 35.6 Å². The number of pyridine rings is 1. The number of rotatable bonds is 6. The molecule has 3 N–H and O–H groups in total. The van der Waals surface area contributed by atoms with E-state index >= 15 is 0 Å². The molecular weight excluding hydrogens is 498 g/mol. The van der Waals surface area contributed by atoms with Gasteiger partial charge in [0.25, 0.3) is 0 Å². The van der Waals surface area contributed by atoms with Gasteiger partial charge in [0.2, 0.25) is 11.9 Å². The van der Waals surface area contributed by atoms with Crippen LogP contribution in [0, 0.1) is 12.8 Å². The van der Waals surface area contributed by atoms with E-state index in [9.17, 15) is 4.79 Å². The third-order valence-electron chi connectivity index (χ3n) is 6.81. The lowest BCUT2D eigenvalue weighted by atomic mass is 10.0. The molecule has 1 aliphatic carbocycles. The number of anilines is 2. The molecule has 5 aromatic heterocycles. The average Bonchev–Trinajstić information content (AvgIpc) is 3.32. The highest BCUT2D eigenvalue weighted by molar-refractivity contribution is 5.98. The summed E-state index contributed by atoms with van der Waals surface area (Å²) >= 11 is 0. The number of furan rings is 1. The Morgan fingerprint density at radius 3 is 2.85 bits per heavy atom. The second-order valence-electron chi connectivity index (χ2n) is 9.46. The van der Waals surface area contributed by atoms with Gasteiger partial charge < -0.3 is 24.6 Å². The predicted molar refractivity (Wildman–Crippen MR) is 143 cm³/mol. The van der Waals surface area contributed by atoms with Crippen molar-refractivity contribution >= 4 is 34.2 Å². The molecule has 0 bridgehead atoms. The highest BCUT2D eigenvalue weighted by Gasteiger charge is 2.30. The number of methoxy groups -OCH3 is 1. The Morgan fingerprint density at radius 1 is 1.21 bits per heavy atom. The van der Waals surface area contributed by atoms with Crippen LogP contribution in [0.5, 0.6) is 5.75 Å². The van der Waals surface area contributed by atoms with Crippen molar-refractivity contribution in [3.05, 3.63) is 60.7 Å². The minimum Gasteiger partial charge on any atom is -0.494 e. The van der Waals surface area contributed by atoms with Crippen LogP contribution in [-0.2, 0) is 4.79 Å². The molecule has 1 fully saturated rings. The van der Waals surface area contributed by atoms with Gasteiger partial charge in [0.1, 0.15) is 22.6 Å². The van der Waals surface area contributed by atoms with Crippen LogP contribution in [0.2, 0.25) is 0 Å². The maximum atomic E-state index is 12.6. The number of nitrogens with zero attached hydrogens (tertiary/aromatic N) is 7. The van der Waals surface area contributed by atoms with E-state index in [0.29, 0.717) is 45.3 Å². The van der Waals surface area contributed by atoms with Gasteiger partial charge in [-0.25, -0.2) is 9.97 Å². The number of nitrogens with one attached hydrogen (secondary N) is 1. The monoisotopic (exact) mass is 521 g/mol. The molecule has 1 aliphatic rings. The standard InChI is InChI=1S/C27H23N9O3/c1-14-12-29-22-8-7-16(13-35(14)22)23-24(20-4-3-9-39-20)31-27(28)32-25(23)36-19-10-18(30-26(37)15-5-6-15)21(38-2)11-17(19)33-34-36/h3-4,7-13,15H,5-6H2,1-2H3,(H,30,37)(H2,28,31,32). The lowest BCUT2D eigenvalue weighted by Crippen LogP contribution is -2.14. The number of aromatic nitrogens is 7. The normalized spacial score (nSPS) is 13.3. The van der Waals surface area contributed by atoms with E-state index in [1.54, 1.807) is 36.3 Å². The zero-order valence-electron chi connectivity index (χ0n) is 21.1. The van der Waals surface area contributed by atoms with E-state index in [1.165, 1.54) is 0 Å². The Morgan fingerprint density at radius 2 is 2.08 bits per heavy atom. The summed E-state index contributed by atoms with van der Waals surface area (Å²) in [5.41, 5.74) is 11.6. The van der Waals surface area contributed by atoms with Crippen molar-refractivity contribution in [2.75, 3.05) is 18.2 Å². The molecule has 5 heterocycles. The van der Waals surface area contributed by atoms with Gasteiger partial charge in [-0.3, -0.25) is 4.79 Å². The number of imidazole rings is 1. The molecule has 12 heteroatoms. The molecule has 0 spiro atoms. The molecule has 0 unspecified atom stereocenters. The number of carbonyl (C=O) groups excluding carboxylic acids is 1. The SMILES string of the molecule is COc1cc2nnn(-c3nc(N)nc(-c4ccco4)c3-c3ccc4ncc(C)n4c3)c2cc1NC(=O)C1CC1. The van der Waals surface area contributed by atoms with Gasteiger partial charge in [-0.1, -0.05) is 5.21 Å². The molecule has 1 saturated carbocycles. The fraction of sp³-hybridized carbons (Fsp3) is 0.185. The van der Waals surface area contributed by atoms with Crippen LogP contribution < -0.4 is 15.8 Å². The largest absolute Gasteiger partial charge is 0.494 e. The molecule has 6 aromatic rings. The number of hydrogen-bond donors (Lipinski definition) is 2. The van der Waals surface area contributed by atoms with Crippen molar-refractivity contribution in [3.63, 3.8) is 0 Å². The van der Waals surface area contributed by atoms with Gasteiger partial charge in [-0.2, -0.15) is 9.67 Å². The molecule has 0 radical (unpaired) electrons. The van der Waals surface area contributed by atoms with E-state index in [2.05, 4.69) is 30.6 Å². The number of carbonyl (C=O) groups is 1. The predicted octanol–water partition coefficient (Wildman–Crippen LogP) is 4.03. The first-order chi connectivity index (χ1) is 19.0. The summed E-state index contributed by atoms with van der Waals surface area (Å²) in [4.78, 5) is 26.2. The molecule has 0 saturated heterocycles. The van der Waals surface area contributed by atoms with E-state index in [1.807, 2.05) is 41.9 Å². The zero-order valence-corrected chi connectivity index (χ0v) is 21.1. The maximum absolute atomic E-state index is 12.6. The van der Waals surface area contributed by atoms with Crippen LogP contribution in [-0.4, -0.2) is 47.4 Å². The molecule has 1 amide bonds. The van der Waals surface area contributed by atoms with Crippen molar-refractivity contribution in [3.8, 4) is 34.1 Å². The first-order valence-corrected chi connectivity index (χ1v) is 12.4. The zero-order chi connectivity index (χ0) is 26.7. The smallest absolute Gasteiger partial charge is 0.227 e. The number of aryl methyl sites for hydroxylation is 1. The summed E-state index contributed by atoms with van der Waals surface area (Å²) in [7, 11) is 1.55. The number of nitrogen functional groups attached to an aromatic ring is 1. The molecule has 1 aromatic carbocycles. The number of benzene rings is 1. The molecular formula is C27H23N9O3. The van der Waals surface area contributed by atoms with Gasteiger partial charge in [-0.05, 0) is 50.1 Å². The molecule has 0 aliphatic heterocycles. The van der Waals surface area contributed by atoms with Crippen LogP contribution in [0.1, 0.15) is 18.5 Å². The summed E-state index contributed by atoms with van der Waals surface area (Å²) in [5.74, 6) is 1.44. The third-order valence-corrected chi connectivity index (χ3v) is 6.81. The number of hydrogen-bond acceptors (Lipinski definition) is 9. The topological polar surface area (TPSA) is 151 Å². The first kappa shape index (κ1) is 22.9. The molecule has 0 atom stereocenters. The number of nitrogens with two attached hydrogens (primary N) is 1. The summed E-state index contributed by atoms with van der Waals surface area (Å²) in [6.45, 7) is 1.98. The van der Waals surface area contributed by atoms with E-state index in [-0.39, 0.29) is 17.8 Å². The lowest BCUT2D eigenvalue weighted by molar-refractivity contribution is -0.117. The Bertz CT molecular complexity index is 1880. The van der Waals surface area contributed by atoms with Crippen molar-refractivity contribution in [1.82, 2.24) is 34.3 Å². The van der Waals surface area contributed by atoms with Crippen molar-refractivity contribution in [2.45, 2.75) is 19.8 Å². The maximum Gasteiger partial charge on any atom is 0.227 e. The van der Waals surface area contributed by atoms with Crippen molar-refractivity contribution in [2.24, 2.45) is 5.92 Å². The van der Waals surface area contributed by atoms with Gasteiger partial charge >= 0.3 is 0 Å². The lowest BCUT2D eigenvalue weighted by Gasteiger charge is -2.15. The third kappa shape index (κ3) is 3.84. The second kappa shape index (κ2) is 8.65. The van der Waals surface area contributed by atoms with Gasteiger partial charge in [0.05, 0.1) is 30.1 Å². The Balaban J connectivity index is 1.48. The second-order valence-corrected chi connectivity index (χ2v) is 9.46. The van der Waals surface area contributed by atoms with Crippen LogP contribution in [0.3, 0.4) is 0 Å². The summed E-state index contributed by atoms with van der Waals surface area (Å²) in [6, 6.07) is 11.0. The molecule has 7 rings (SSSR count). The van der Waals surface area contributed by atoms with Crippen LogP contribution >= 0.6 is 0 Å². The highest BCUT2D eigenvalue weighted by atomic mass is 16.5. The highest BCUT2D eigenvalue weighted by Crippen LogP contribution is 2.38. The summed E-state index contributed by atoms with van der Waals surface area (Å²) < 4.78 is 14.8. The quantitative estimate of drug-likeness (QED) is 0.331. The fourth-order valence-corrected chi connectivity index (χ4v) is 4.68. The van der Waals surface area contributed by atoms with Gasteiger partial charge in [0.15, 0.2) is 11.6 Å². The summed E-state index contributed by atoms with van der Waals surface area (Å²) in [6.07, 6.45) is 7.12. The van der Waals surface area contributed by atoms with Gasteiger partial charge in [-0.15, -0.1) is 5.10 Å². The van der Waals surface area contributed by atoms with E-state index < -0.39 is 0 Å². The molecule has 194 valence electrons. The minimum absolute atomic E-state index is 0.0270. The van der Waals surface area contributed by atoms with E-state index in [4.69, 9.17) is 14.9 Å². The average molecular weight is 522 g/mol. The Labute approximate surface area is 221 Å². The Kier molecular flexibility index (Phi) is 5.08. The molecule has 12 nitrogen and oxygen atoms in total. The Hall–Kier alpha value is -5.26.